The Balaban J connectivity index is 2.42. The van der Waals surface area contributed by atoms with Crippen LogP contribution in [0.25, 0.3) is 0 Å². The highest BCUT2D eigenvalue weighted by Gasteiger charge is 2.18. The van der Waals surface area contributed by atoms with E-state index in [-0.39, 0.29) is 5.91 Å². The van der Waals surface area contributed by atoms with Crippen LogP contribution in [0, 0.1) is 0 Å². The standard InChI is InChI=1S/C9H11N3O/c1-7(13)12-5-4-11-8-2-3-10-6-9(8)12/h2-3,6,11H,4-5H2,1H3. The lowest BCUT2D eigenvalue weighted by Crippen LogP contribution is -2.37. The first-order valence-electron chi connectivity index (χ1n) is 4.25. The monoisotopic (exact) mass is 177 g/mol. The molecule has 0 bridgehead atoms. The van der Waals surface area contributed by atoms with Gasteiger partial charge in [-0.15, -0.1) is 0 Å². The number of anilines is 2. The van der Waals surface area contributed by atoms with Crippen molar-refractivity contribution in [2.24, 2.45) is 0 Å². The number of nitrogens with zero attached hydrogens (tertiary/aromatic N) is 2. The van der Waals surface area contributed by atoms with E-state index in [1.165, 1.54) is 0 Å². The summed E-state index contributed by atoms with van der Waals surface area (Å²) >= 11 is 0. The smallest absolute Gasteiger partial charge is 0.224 e. The fourth-order valence-corrected chi connectivity index (χ4v) is 1.50. The average Bonchev–Trinajstić information content (AvgIpc) is 2.17. The molecule has 4 heteroatoms. The normalized spacial score (nSPS) is 14.7. The first-order chi connectivity index (χ1) is 6.29. The van der Waals surface area contributed by atoms with Crippen molar-refractivity contribution in [2.75, 3.05) is 23.3 Å². The van der Waals surface area contributed by atoms with Crippen molar-refractivity contribution in [2.45, 2.75) is 6.92 Å². The zero-order chi connectivity index (χ0) is 9.26. The molecule has 0 saturated heterocycles. The van der Waals surface area contributed by atoms with Gasteiger partial charge in [-0.25, -0.2) is 0 Å². The third kappa shape index (κ3) is 1.35. The van der Waals surface area contributed by atoms with Crippen molar-refractivity contribution in [1.82, 2.24) is 4.98 Å². The molecule has 0 aromatic carbocycles. The lowest BCUT2D eigenvalue weighted by Gasteiger charge is -2.28. The van der Waals surface area contributed by atoms with Crippen LogP contribution in [0.2, 0.25) is 0 Å². The predicted molar refractivity (Wildman–Crippen MR) is 50.8 cm³/mol. The van der Waals surface area contributed by atoms with E-state index in [0.717, 1.165) is 17.9 Å². The van der Waals surface area contributed by atoms with Crippen molar-refractivity contribution in [3.05, 3.63) is 18.5 Å². The molecule has 1 aliphatic heterocycles. The molecule has 0 spiro atoms. The largest absolute Gasteiger partial charge is 0.381 e. The Hall–Kier alpha value is -1.58. The molecule has 1 aromatic heterocycles. The van der Waals surface area contributed by atoms with E-state index >= 15 is 0 Å². The lowest BCUT2D eigenvalue weighted by atomic mass is 10.2. The van der Waals surface area contributed by atoms with Gasteiger partial charge in [-0.1, -0.05) is 0 Å². The van der Waals surface area contributed by atoms with E-state index in [2.05, 4.69) is 10.3 Å². The minimum absolute atomic E-state index is 0.0655. The zero-order valence-electron chi connectivity index (χ0n) is 7.45. The number of amides is 1. The highest BCUT2D eigenvalue weighted by Crippen LogP contribution is 2.26. The highest BCUT2D eigenvalue weighted by molar-refractivity contribution is 5.95. The average molecular weight is 177 g/mol. The number of pyridine rings is 1. The number of hydrogen-bond acceptors (Lipinski definition) is 3. The molecule has 1 amide bonds. The maximum absolute atomic E-state index is 11.2. The number of fused-ring (bicyclic) bond motifs is 1. The first-order valence-corrected chi connectivity index (χ1v) is 4.25. The molecule has 0 atom stereocenters. The number of rotatable bonds is 0. The molecule has 0 radical (unpaired) electrons. The van der Waals surface area contributed by atoms with E-state index in [4.69, 9.17) is 0 Å². The Labute approximate surface area is 76.6 Å². The Morgan fingerprint density at radius 1 is 1.69 bits per heavy atom. The van der Waals surface area contributed by atoms with Gasteiger partial charge in [-0.2, -0.15) is 0 Å². The van der Waals surface area contributed by atoms with Crippen LogP contribution in [0.15, 0.2) is 18.5 Å². The molecule has 1 aliphatic rings. The van der Waals surface area contributed by atoms with Crippen molar-refractivity contribution in [3.8, 4) is 0 Å². The van der Waals surface area contributed by atoms with Crippen LogP contribution in [-0.2, 0) is 4.79 Å². The van der Waals surface area contributed by atoms with E-state index < -0.39 is 0 Å². The van der Waals surface area contributed by atoms with Gasteiger partial charge in [0.25, 0.3) is 0 Å². The zero-order valence-corrected chi connectivity index (χ0v) is 7.45. The van der Waals surface area contributed by atoms with E-state index in [1.807, 2.05) is 6.07 Å². The Kier molecular flexibility index (Phi) is 1.88. The van der Waals surface area contributed by atoms with Crippen LogP contribution in [0.1, 0.15) is 6.92 Å². The number of nitrogens with one attached hydrogen (secondary N) is 1. The maximum atomic E-state index is 11.2. The molecule has 0 aliphatic carbocycles. The fourth-order valence-electron chi connectivity index (χ4n) is 1.50. The summed E-state index contributed by atoms with van der Waals surface area (Å²) in [6, 6.07) is 1.88. The molecule has 0 saturated carbocycles. The third-order valence-corrected chi connectivity index (χ3v) is 2.12. The predicted octanol–water partition coefficient (Wildman–Crippen LogP) is 0.860. The summed E-state index contributed by atoms with van der Waals surface area (Å²) < 4.78 is 0. The van der Waals surface area contributed by atoms with Gasteiger partial charge >= 0.3 is 0 Å². The molecule has 0 fully saturated rings. The molecule has 0 unspecified atom stereocenters. The summed E-state index contributed by atoms with van der Waals surface area (Å²) in [5.41, 5.74) is 1.86. The Bertz CT molecular complexity index is 337. The minimum atomic E-state index is 0.0655. The first kappa shape index (κ1) is 8.04. The molecule has 2 rings (SSSR count). The summed E-state index contributed by atoms with van der Waals surface area (Å²) in [6.45, 7) is 3.09. The number of carbonyl (C=O) groups excluding carboxylic acids is 1. The summed E-state index contributed by atoms with van der Waals surface area (Å²) in [7, 11) is 0. The molecule has 68 valence electrons. The van der Waals surface area contributed by atoms with Crippen LogP contribution in [0.3, 0.4) is 0 Å². The summed E-state index contributed by atoms with van der Waals surface area (Å²) in [5.74, 6) is 0.0655. The second-order valence-corrected chi connectivity index (χ2v) is 2.99. The van der Waals surface area contributed by atoms with Crippen LogP contribution in [0.4, 0.5) is 11.4 Å². The number of aromatic nitrogens is 1. The van der Waals surface area contributed by atoms with Crippen molar-refractivity contribution < 1.29 is 4.79 Å². The van der Waals surface area contributed by atoms with E-state index in [1.54, 1.807) is 24.2 Å². The van der Waals surface area contributed by atoms with Gasteiger partial charge in [0, 0.05) is 26.2 Å². The van der Waals surface area contributed by atoms with Gasteiger partial charge in [-0.05, 0) is 6.07 Å². The van der Waals surface area contributed by atoms with Crippen LogP contribution in [0.5, 0.6) is 0 Å². The Morgan fingerprint density at radius 2 is 2.54 bits per heavy atom. The highest BCUT2D eigenvalue weighted by atomic mass is 16.2. The van der Waals surface area contributed by atoms with Crippen molar-refractivity contribution in [3.63, 3.8) is 0 Å². The second kappa shape index (κ2) is 3.05. The van der Waals surface area contributed by atoms with Gasteiger partial charge in [0.15, 0.2) is 0 Å². The van der Waals surface area contributed by atoms with Crippen molar-refractivity contribution >= 4 is 17.3 Å². The molecule has 1 aromatic rings. The molecular formula is C9H11N3O. The summed E-state index contributed by atoms with van der Waals surface area (Å²) in [5, 5.41) is 3.21. The number of carbonyl (C=O) groups is 1. The quantitative estimate of drug-likeness (QED) is 0.639. The topological polar surface area (TPSA) is 45.2 Å². The molecular weight excluding hydrogens is 166 g/mol. The lowest BCUT2D eigenvalue weighted by molar-refractivity contribution is -0.116. The summed E-state index contributed by atoms with van der Waals surface area (Å²) in [6.07, 6.45) is 3.43. The number of hydrogen-bond donors (Lipinski definition) is 1. The van der Waals surface area contributed by atoms with Crippen LogP contribution < -0.4 is 10.2 Å². The molecule has 2 heterocycles. The van der Waals surface area contributed by atoms with E-state index in [9.17, 15) is 4.79 Å². The van der Waals surface area contributed by atoms with Crippen LogP contribution >= 0.6 is 0 Å². The molecule has 1 N–H and O–H groups in total. The minimum Gasteiger partial charge on any atom is -0.381 e. The second-order valence-electron chi connectivity index (χ2n) is 2.99. The molecule has 4 nitrogen and oxygen atoms in total. The fraction of sp³-hybridized carbons (Fsp3) is 0.333. The van der Waals surface area contributed by atoms with Crippen LogP contribution in [-0.4, -0.2) is 24.0 Å². The third-order valence-electron chi connectivity index (χ3n) is 2.12. The Morgan fingerprint density at radius 3 is 3.31 bits per heavy atom. The van der Waals surface area contributed by atoms with Gasteiger partial charge in [0.05, 0.1) is 17.6 Å². The van der Waals surface area contributed by atoms with Gasteiger partial charge < -0.3 is 10.2 Å². The summed E-state index contributed by atoms with van der Waals surface area (Å²) in [4.78, 5) is 17.0. The van der Waals surface area contributed by atoms with Gasteiger partial charge in [0.2, 0.25) is 5.91 Å². The molecule has 13 heavy (non-hydrogen) atoms. The van der Waals surface area contributed by atoms with Crippen molar-refractivity contribution in [1.29, 1.82) is 0 Å². The van der Waals surface area contributed by atoms with Gasteiger partial charge in [-0.3, -0.25) is 9.78 Å². The SMILES string of the molecule is CC(=O)N1CCNc2ccncc21. The maximum Gasteiger partial charge on any atom is 0.224 e. The van der Waals surface area contributed by atoms with E-state index in [0.29, 0.717) is 6.54 Å². The van der Waals surface area contributed by atoms with Gasteiger partial charge in [0.1, 0.15) is 0 Å².